The fraction of sp³-hybridized carbons (Fsp3) is 0.312. The van der Waals surface area contributed by atoms with Crippen LogP contribution < -0.4 is 5.32 Å². The summed E-state index contributed by atoms with van der Waals surface area (Å²) in [5.41, 5.74) is 5.65. The number of nitrogens with one attached hydrogen (secondary N) is 1. The fourth-order valence-electron chi connectivity index (χ4n) is 2.34. The second kappa shape index (κ2) is 5.39. The molecular weight excluding hydrogens is 239 g/mol. The van der Waals surface area contributed by atoms with Gasteiger partial charge in [0.1, 0.15) is 5.82 Å². The monoisotopic (exact) mass is 258 g/mol. The average molecular weight is 258 g/mol. The van der Waals surface area contributed by atoms with Gasteiger partial charge in [0.15, 0.2) is 0 Å². The third-order valence-corrected chi connectivity index (χ3v) is 3.23. The van der Waals surface area contributed by atoms with Gasteiger partial charge in [-0.1, -0.05) is 17.7 Å². The molecule has 0 saturated carbocycles. The third kappa shape index (κ3) is 3.11. The predicted octanol–water partition coefficient (Wildman–Crippen LogP) is 4.32. The van der Waals surface area contributed by atoms with E-state index in [9.17, 15) is 4.39 Å². The molecule has 1 atom stereocenters. The van der Waals surface area contributed by atoms with Crippen LogP contribution >= 0.6 is 0 Å². The number of nitrogens with zero attached hydrogens (tertiary/aromatic N) is 1. The number of halogens is 1. The maximum absolute atomic E-state index is 12.9. The highest BCUT2D eigenvalue weighted by Gasteiger charge is 2.10. The van der Waals surface area contributed by atoms with Gasteiger partial charge in [-0.05, 0) is 51.0 Å². The number of anilines is 1. The highest BCUT2D eigenvalue weighted by molar-refractivity contribution is 5.59. The first-order chi connectivity index (χ1) is 8.97. The van der Waals surface area contributed by atoms with Crippen molar-refractivity contribution in [3.05, 3.63) is 58.7 Å². The normalized spacial score (nSPS) is 12.3. The van der Waals surface area contributed by atoms with Gasteiger partial charge < -0.3 is 5.32 Å². The highest BCUT2D eigenvalue weighted by Crippen LogP contribution is 2.26. The summed E-state index contributed by atoms with van der Waals surface area (Å²) in [6.07, 6.45) is 1.25. The summed E-state index contributed by atoms with van der Waals surface area (Å²) in [6, 6.07) is 7.50. The molecule has 100 valence electrons. The van der Waals surface area contributed by atoms with E-state index in [1.165, 1.54) is 29.0 Å². The molecule has 0 spiro atoms. The lowest BCUT2D eigenvalue weighted by Crippen LogP contribution is -2.10. The van der Waals surface area contributed by atoms with Crippen LogP contribution in [-0.4, -0.2) is 4.98 Å². The molecule has 3 heteroatoms. The second-order valence-corrected chi connectivity index (χ2v) is 5.04. The van der Waals surface area contributed by atoms with Gasteiger partial charge in [-0.25, -0.2) is 4.39 Å². The Labute approximate surface area is 113 Å². The van der Waals surface area contributed by atoms with Crippen LogP contribution in [0.3, 0.4) is 0 Å². The first kappa shape index (κ1) is 13.5. The number of aryl methyl sites for hydroxylation is 3. The summed E-state index contributed by atoms with van der Waals surface area (Å²) in [4.78, 5) is 4.11. The van der Waals surface area contributed by atoms with E-state index in [1.54, 1.807) is 6.07 Å². The second-order valence-electron chi connectivity index (χ2n) is 5.04. The molecule has 0 aliphatic heterocycles. The Kier molecular flexibility index (Phi) is 3.84. The van der Waals surface area contributed by atoms with Gasteiger partial charge in [-0.2, -0.15) is 0 Å². The van der Waals surface area contributed by atoms with Crippen molar-refractivity contribution in [2.75, 3.05) is 5.32 Å². The van der Waals surface area contributed by atoms with E-state index in [1.807, 2.05) is 6.92 Å². The molecule has 1 unspecified atom stereocenters. The zero-order chi connectivity index (χ0) is 14.0. The van der Waals surface area contributed by atoms with Crippen LogP contribution in [0.2, 0.25) is 0 Å². The van der Waals surface area contributed by atoms with Crippen molar-refractivity contribution < 1.29 is 4.39 Å². The maximum Gasteiger partial charge on any atom is 0.141 e. The average Bonchev–Trinajstić information content (AvgIpc) is 2.34. The Balaban J connectivity index is 2.24. The lowest BCUT2D eigenvalue weighted by atomic mass is 10.0. The predicted molar refractivity (Wildman–Crippen MR) is 76.9 cm³/mol. The quantitative estimate of drug-likeness (QED) is 0.887. The zero-order valence-corrected chi connectivity index (χ0v) is 11.8. The molecule has 0 fully saturated rings. The lowest BCUT2D eigenvalue weighted by Gasteiger charge is -2.19. The summed E-state index contributed by atoms with van der Waals surface area (Å²) >= 11 is 0. The van der Waals surface area contributed by atoms with Crippen molar-refractivity contribution >= 4 is 5.69 Å². The van der Waals surface area contributed by atoms with Crippen molar-refractivity contribution in [3.8, 4) is 0 Å². The van der Waals surface area contributed by atoms with Crippen LogP contribution in [0.1, 0.15) is 35.3 Å². The van der Waals surface area contributed by atoms with Gasteiger partial charge in [0.25, 0.3) is 0 Å². The van der Waals surface area contributed by atoms with Crippen LogP contribution in [-0.2, 0) is 0 Å². The lowest BCUT2D eigenvalue weighted by molar-refractivity contribution is 0.617. The van der Waals surface area contributed by atoms with Crippen LogP contribution in [0.25, 0.3) is 0 Å². The van der Waals surface area contributed by atoms with E-state index in [-0.39, 0.29) is 11.9 Å². The summed E-state index contributed by atoms with van der Waals surface area (Å²) in [5, 5.41) is 3.46. The Bertz CT molecular complexity index is 553. The number of hydrogen-bond donors (Lipinski definition) is 1. The number of benzene rings is 1. The maximum atomic E-state index is 12.9. The SMILES string of the molecule is Cc1cc(C)c(NC(C)c2ccc(F)cn2)c(C)c1. The standard InChI is InChI=1S/C16H19FN2/c1-10-7-11(2)16(12(3)8-10)19-13(4)15-6-5-14(17)9-18-15/h5-9,13,19H,1-4H3. The Morgan fingerprint density at radius 2 is 1.74 bits per heavy atom. The van der Waals surface area contributed by atoms with Gasteiger partial charge in [0.2, 0.25) is 0 Å². The highest BCUT2D eigenvalue weighted by atomic mass is 19.1. The van der Waals surface area contributed by atoms with E-state index in [2.05, 4.69) is 43.2 Å². The molecule has 0 bridgehead atoms. The summed E-state index contributed by atoms with van der Waals surface area (Å²) in [7, 11) is 0. The molecule has 1 N–H and O–H groups in total. The zero-order valence-electron chi connectivity index (χ0n) is 11.8. The molecule has 2 aromatic rings. The van der Waals surface area contributed by atoms with Crippen LogP contribution in [0.4, 0.5) is 10.1 Å². The molecular formula is C16H19FN2. The molecule has 0 amide bonds. The van der Waals surface area contributed by atoms with Crippen LogP contribution in [0, 0.1) is 26.6 Å². The topological polar surface area (TPSA) is 24.9 Å². The molecule has 2 rings (SSSR count). The molecule has 2 nitrogen and oxygen atoms in total. The summed E-state index contributed by atoms with van der Waals surface area (Å²) in [6.45, 7) is 8.30. The van der Waals surface area contributed by atoms with E-state index in [4.69, 9.17) is 0 Å². The molecule has 0 aliphatic rings. The van der Waals surface area contributed by atoms with Gasteiger partial charge >= 0.3 is 0 Å². The van der Waals surface area contributed by atoms with E-state index < -0.39 is 0 Å². The fourth-order valence-corrected chi connectivity index (χ4v) is 2.34. The largest absolute Gasteiger partial charge is 0.377 e. The minimum Gasteiger partial charge on any atom is -0.377 e. The smallest absolute Gasteiger partial charge is 0.141 e. The Morgan fingerprint density at radius 1 is 1.11 bits per heavy atom. The Morgan fingerprint density at radius 3 is 2.26 bits per heavy atom. The molecule has 0 radical (unpaired) electrons. The summed E-state index contributed by atoms with van der Waals surface area (Å²) < 4.78 is 12.9. The molecule has 0 saturated heterocycles. The minimum atomic E-state index is -0.307. The molecule has 1 heterocycles. The third-order valence-electron chi connectivity index (χ3n) is 3.23. The van der Waals surface area contributed by atoms with E-state index >= 15 is 0 Å². The number of aromatic nitrogens is 1. The molecule has 1 aromatic heterocycles. The first-order valence-corrected chi connectivity index (χ1v) is 6.43. The van der Waals surface area contributed by atoms with Gasteiger partial charge in [0.05, 0.1) is 17.9 Å². The van der Waals surface area contributed by atoms with Crippen molar-refractivity contribution in [2.45, 2.75) is 33.7 Å². The van der Waals surface area contributed by atoms with E-state index in [0.717, 1.165) is 11.4 Å². The number of hydrogen-bond acceptors (Lipinski definition) is 2. The van der Waals surface area contributed by atoms with Crippen LogP contribution in [0.15, 0.2) is 30.5 Å². The van der Waals surface area contributed by atoms with Crippen LogP contribution in [0.5, 0.6) is 0 Å². The van der Waals surface area contributed by atoms with Crippen molar-refractivity contribution in [1.29, 1.82) is 0 Å². The Hall–Kier alpha value is -1.90. The molecule has 19 heavy (non-hydrogen) atoms. The first-order valence-electron chi connectivity index (χ1n) is 6.43. The van der Waals surface area contributed by atoms with Gasteiger partial charge in [-0.15, -0.1) is 0 Å². The number of pyridine rings is 1. The van der Waals surface area contributed by atoms with Gasteiger partial charge in [-0.3, -0.25) is 4.98 Å². The van der Waals surface area contributed by atoms with Crippen molar-refractivity contribution in [2.24, 2.45) is 0 Å². The molecule has 1 aromatic carbocycles. The summed E-state index contributed by atoms with van der Waals surface area (Å²) in [5.74, 6) is -0.307. The number of rotatable bonds is 3. The van der Waals surface area contributed by atoms with Crippen molar-refractivity contribution in [3.63, 3.8) is 0 Å². The minimum absolute atomic E-state index is 0.0423. The van der Waals surface area contributed by atoms with Gasteiger partial charge in [0, 0.05) is 5.69 Å². The molecule has 0 aliphatic carbocycles. The van der Waals surface area contributed by atoms with Crippen molar-refractivity contribution in [1.82, 2.24) is 4.98 Å². The van der Waals surface area contributed by atoms with E-state index in [0.29, 0.717) is 0 Å².